The van der Waals surface area contributed by atoms with E-state index in [4.69, 9.17) is 4.74 Å². The second kappa shape index (κ2) is 7.25. The smallest absolute Gasteiger partial charge is 0.254 e. The predicted octanol–water partition coefficient (Wildman–Crippen LogP) is 3.07. The number of hydrogen-bond donors (Lipinski definition) is 0. The molecule has 1 fully saturated rings. The minimum Gasteiger partial charge on any atom is -0.473 e. The van der Waals surface area contributed by atoms with Gasteiger partial charge in [0.1, 0.15) is 6.10 Å². The van der Waals surface area contributed by atoms with Crippen LogP contribution in [0, 0.1) is 10.5 Å². The van der Waals surface area contributed by atoms with Crippen molar-refractivity contribution in [2.75, 3.05) is 13.1 Å². The second-order valence-electron chi connectivity index (χ2n) is 5.60. The molecule has 6 heteroatoms. The van der Waals surface area contributed by atoms with Crippen LogP contribution < -0.4 is 4.74 Å². The van der Waals surface area contributed by atoms with Crippen LogP contribution in [0.2, 0.25) is 0 Å². The molecular formula is C17H18IN3O2. The first kappa shape index (κ1) is 16.2. The van der Waals surface area contributed by atoms with Gasteiger partial charge >= 0.3 is 0 Å². The molecule has 1 amide bonds. The number of piperidine rings is 1. The van der Waals surface area contributed by atoms with E-state index < -0.39 is 0 Å². The van der Waals surface area contributed by atoms with Gasteiger partial charge in [-0.3, -0.25) is 4.79 Å². The lowest BCUT2D eigenvalue weighted by Crippen LogP contribution is -2.42. The number of rotatable bonds is 3. The van der Waals surface area contributed by atoms with Gasteiger partial charge < -0.3 is 9.64 Å². The van der Waals surface area contributed by atoms with Gasteiger partial charge in [-0.05, 0) is 47.7 Å². The van der Waals surface area contributed by atoms with Crippen LogP contribution in [0.3, 0.4) is 0 Å². The van der Waals surface area contributed by atoms with Crippen molar-refractivity contribution >= 4 is 28.5 Å². The lowest BCUT2D eigenvalue weighted by molar-refractivity contribution is 0.0585. The molecule has 0 bridgehead atoms. The first-order valence-electron chi connectivity index (χ1n) is 7.64. The van der Waals surface area contributed by atoms with Crippen LogP contribution in [0.1, 0.15) is 28.9 Å². The number of aryl methyl sites for hydroxylation is 1. The standard InChI is InChI=1S/C17H18IN3O2/c1-12-6-7-16(20-19-12)23-13-8-10-21(11-9-13)17(22)14-4-2-3-5-15(14)18/h2-7,13H,8-11H2,1H3. The maximum atomic E-state index is 12.6. The van der Waals surface area contributed by atoms with Crippen molar-refractivity contribution in [3.8, 4) is 5.88 Å². The summed E-state index contributed by atoms with van der Waals surface area (Å²) in [5.41, 5.74) is 1.65. The molecule has 0 saturated carbocycles. The fourth-order valence-electron chi connectivity index (χ4n) is 2.60. The molecule has 5 nitrogen and oxygen atoms in total. The van der Waals surface area contributed by atoms with Crippen molar-refractivity contribution < 1.29 is 9.53 Å². The Morgan fingerprint density at radius 1 is 1.17 bits per heavy atom. The van der Waals surface area contributed by atoms with Crippen LogP contribution in [0.4, 0.5) is 0 Å². The molecule has 23 heavy (non-hydrogen) atoms. The van der Waals surface area contributed by atoms with Gasteiger partial charge in [-0.1, -0.05) is 12.1 Å². The molecule has 1 saturated heterocycles. The van der Waals surface area contributed by atoms with E-state index in [1.54, 1.807) is 0 Å². The minimum atomic E-state index is 0.0888. The number of benzene rings is 1. The summed E-state index contributed by atoms with van der Waals surface area (Å²) in [5, 5.41) is 8.03. The third kappa shape index (κ3) is 3.99. The van der Waals surface area contributed by atoms with Crippen molar-refractivity contribution in [1.29, 1.82) is 0 Å². The molecule has 1 aliphatic rings. The molecule has 1 aliphatic heterocycles. The zero-order valence-corrected chi connectivity index (χ0v) is 15.1. The molecule has 0 N–H and O–H groups in total. The largest absolute Gasteiger partial charge is 0.473 e. The molecule has 3 rings (SSSR count). The number of hydrogen-bond acceptors (Lipinski definition) is 4. The summed E-state index contributed by atoms with van der Waals surface area (Å²) in [6.45, 7) is 3.30. The van der Waals surface area contributed by atoms with E-state index in [0.717, 1.165) is 27.7 Å². The van der Waals surface area contributed by atoms with E-state index in [-0.39, 0.29) is 12.0 Å². The summed E-state index contributed by atoms with van der Waals surface area (Å²) in [5.74, 6) is 0.654. The first-order valence-corrected chi connectivity index (χ1v) is 8.72. The Morgan fingerprint density at radius 2 is 1.91 bits per heavy atom. The molecule has 2 aromatic rings. The Bertz CT molecular complexity index is 682. The highest BCUT2D eigenvalue weighted by atomic mass is 127. The number of carbonyl (C=O) groups is 1. The van der Waals surface area contributed by atoms with E-state index in [9.17, 15) is 4.79 Å². The zero-order valence-electron chi connectivity index (χ0n) is 12.9. The normalized spacial score (nSPS) is 15.5. The fraction of sp³-hybridized carbons (Fsp3) is 0.353. The molecule has 0 atom stereocenters. The van der Waals surface area contributed by atoms with Crippen LogP contribution in [-0.4, -0.2) is 40.2 Å². The van der Waals surface area contributed by atoms with Crippen molar-refractivity contribution in [2.24, 2.45) is 0 Å². The van der Waals surface area contributed by atoms with Gasteiger partial charge in [0.25, 0.3) is 5.91 Å². The molecule has 1 aromatic heterocycles. The van der Waals surface area contributed by atoms with Crippen LogP contribution in [-0.2, 0) is 0 Å². The molecule has 2 heterocycles. The lowest BCUT2D eigenvalue weighted by atomic mass is 10.1. The van der Waals surface area contributed by atoms with Gasteiger partial charge in [0.2, 0.25) is 5.88 Å². The molecule has 0 spiro atoms. The Hall–Kier alpha value is -1.70. The highest BCUT2D eigenvalue weighted by molar-refractivity contribution is 14.1. The third-order valence-electron chi connectivity index (χ3n) is 3.89. The predicted molar refractivity (Wildman–Crippen MR) is 95.5 cm³/mol. The van der Waals surface area contributed by atoms with E-state index in [1.165, 1.54) is 0 Å². The number of ether oxygens (including phenoxy) is 1. The molecule has 0 radical (unpaired) electrons. The van der Waals surface area contributed by atoms with Crippen LogP contribution in [0.15, 0.2) is 36.4 Å². The summed E-state index contributed by atoms with van der Waals surface area (Å²) in [4.78, 5) is 14.5. The molecular weight excluding hydrogens is 405 g/mol. The van der Waals surface area contributed by atoms with E-state index >= 15 is 0 Å². The van der Waals surface area contributed by atoms with Gasteiger partial charge in [0.05, 0.1) is 11.3 Å². The summed E-state index contributed by atoms with van der Waals surface area (Å²) < 4.78 is 6.84. The maximum Gasteiger partial charge on any atom is 0.254 e. The van der Waals surface area contributed by atoms with Crippen LogP contribution >= 0.6 is 22.6 Å². The van der Waals surface area contributed by atoms with Crippen molar-refractivity contribution in [1.82, 2.24) is 15.1 Å². The van der Waals surface area contributed by atoms with Crippen molar-refractivity contribution in [2.45, 2.75) is 25.9 Å². The van der Waals surface area contributed by atoms with E-state index in [2.05, 4.69) is 32.8 Å². The van der Waals surface area contributed by atoms with Gasteiger partial charge in [-0.25, -0.2) is 0 Å². The quantitative estimate of drug-likeness (QED) is 0.713. The molecule has 1 aromatic carbocycles. The zero-order chi connectivity index (χ0) is 16.2. The van der Waals surface area contributed by atoms with Gasteiger partial charge in [-0.15, -0.1) is 5.10 Å². The topological polar surface area (TPSA) is 55.3 Å². The van der Waals surface area contributed by atoms with Gasteiger partial charge in [0, 0.05) is 35.6 Å². The summed E-state index contributed by atoms with van der Waals surface area (Å²) in [7, 11) is 0. The SMILES string of the molecule is Cc1ccc(OC2CCN(C(=O)c3ccccc3I)CC2)nn1. The van der Waals surface area contributed by atoms with Crippen LogP contribution in [0.25, 0.3) is 0 Å². The number of amides is 1. The Balaban J connectivity index is 1.57. The number of aromatic nitrogens is 2. The molecule has 0 unspecified atom stereocenters. The Labute approximate surface area is 149 Å². The Morgan fingerprint density at radius 3 is 2.57 bits per heavy atom. The summed E-state index contributed by atoms with van der Waals surface area (Å²) in [6.07, 6.45) is 1.71. The number of halogens is 1. The molecule has 120 valence electrons. The van der Waals surface area contributed by atoms with Crippen LogP contribution in [0.5, 0.6) is 5.88 Å². The van der Waals surface area contributed by atoms with Gasteiger partial charge in [-0.2, -0.15) is 5.10 Å². The Kier molecular flexibility index (Phi) is 5.09. The number of likely N-dealkylation sites (tertiary alicyclic amines) is 1. The number of carbonyl (C=O) groups excluding carboxylic acids is 1. The number of nitrogens with zero attached hydrogens (tertiary/aromatic N) is 3. The van der Waals surface area contributed by atoms with Gasteiger partial charge in [0.15, 0.2) is 0 Å². The average Bonchev–Trinajstić information content (AvgIpc) is 2.57. The monoisotopic (exact) mass is 423 g/mol. The fourth-order valence-corrected chi connectivity index (χ4v) is 3.22. The summed E-state index contributed by atoms with van der Waals surface area (Å²) >= 11 is 2.21. The minimum absolute atomic E-state index is 0.0888. The van der Waals surface area contributed by atoms with Crippen molar-refractivity contribution in [3.05, 3.63) is 51.2 Å². The van der Waals surface area contributed by atoms with E-state index in [1.807, 2.05) is 48.2 Å². The third-order valence-corrected chi connectivity index (χ3v) is 4.83. The van der Waals surface area contributed by atoms with E-state index in [0.29, 0.717) is 19.0 Å². The average molecular weight is 423 g/mol. The molecule has 0 aliphatic carbocycles. The first-order chi connectivity index (χ1) is 11.1. The highest BCUT2D eigenvalue weighted by Gasteiger charge is 2.25. The lowest BCUT2D eigenvalue weighted by Gasteiger charge is -2.32. The maximum absolute atomic E-state index is 12.6. The van der Waals surface area contributed by atoms with Crippen molar-refractivity contribution in [3.63, 3.8) is 0 Å². The second-order valence-corrected chi connectivity index (χ2v) is 6.76. The highest BCUT2D eigenvalue weighted by Crippen LogP contribution is 2.20. The summed E-state index contributed by atoms with van der Waals surface area (Å²) in [6, 6.07) is 11.4.